The SMILES string of the molecule is Cc1cc(C)n(-c2ccccc2NC(=O)c2ccc(Cl)cc2F)n1. The first-order valence-electron chi connectivity index (χ1n) is 7.35. The number of hydrogen-bond acceptors (Lipinski definition) is 2. The standard InChI is InChI=1S/C18H15ClFN3O/c1-11-9-12(2)23(22-11)17-6-4-3-5-16(17)21-18(24)14-8-7-13(19)10-15(14)20/h3-10H,1-2H3,(H,21,24). The largest absolute Gasteiger partial charge is 0.320 e. The van der Waals surface area contributed by atoms with Crippen molar-refractivity contribution in [3.8, 4) is 5.69 Å². The number of aryl methyl sites for hydroxylation is 2. The normalized spacial score (nSPS) is 10.7. The van der Waals surface area contributed by atoms with E-state index in [-0.39, 0.29) is 10.6 Å². The van der Waals surface area contributed by atoms with Gasteiger partial charge < -0.3 is 5.32 Å². The van der Waals surface area contributed by atoms with Crippen LogP contribution in [0.3, 0.4) is 0 Å². The lowest BCUT2D eigenvalue weighted by Crippen LogP contribution is -2.16. The van der Waals surface area contributed by atoms with Crippen LogP contribution < -0.4 is 5.32 Å². The Labute approximate surface area is 143 Å². The zero-order valence-corrected chi connectivity index (χ0v) is 13.9. The van der Waals surface area contributed by atoms with Crippen LogP contribution >= 0.6 is 11.6 Å². The molecule has 0 aliphatic heterocycles. The van der Waals surface area contributed by atoms with E-state index in [1.165, 1.54) is 12.1 Å². The monoisotopic (exact) mass is 343 g/mol. The Kier molecular flexibility index (Phi) is 4.36. The minimum Gasteiger partial charge on any atom is -0.320 e. The Hall–Kier alpha value is -2.66. The van der Waals surface area contributed by atoms with Crippen LogP contribution in [0.2, 0.25) is 5.02 Å². The van der Waals surface area contributed by atoms with Gasteiger partial charge in [0.1, 0.15) is 5.82 Å². The number of aromatic nitrogens is 2. The van der Waals surface area contributed by atoms with Crippen LogP contribution in [0.5, 0.6) is 0 Å². The molecule has 2 aromatic carbocycles. The zero-order valence-electron chi connectivity index (χ0n) is 13.2. The zero-order chi connectivity index (χ0) is 17.3. The van der Waals surface area contributed by atoms with Crippen LogP contribution in [0.4, 0.5) is 10.1 Å². The van der Waals surface area contributed by atoms with E-state index in [0.717, 1.165) is 17.5 Å². The van der Waals surface area contributed by atoms with Crippen molar-refractivity contribution in [2.45, 2.75) is 13.8 Å². The van der Waals surface area contributed by atoms with Crippen molar-refractivity contribution in [2.24, 2.45) is 0 Å². The van der Waals surface area contributed by atoms with E-state index in [9.17, 15) is 9.18 Å². The summed E-state index contributed by atoms with van der Waals surface area (Å²) in [5.41, 5.74) is 3.00. The molecular formula is C18H15ClFN3O. The van der Waals surface area contributed by atoms with Crippen molar-refractivity contribution in [1.82, 2.24) is 9.78 Å². The van der Waals surface area contributed by atoms with Gasteiger partial charge in [0.05, 0.1) is 22.6 Å². The van der Waals surface area contributed by atoms with Crippen molar-refractivity contribution in [3.63, 3.8) is 0 Å². The first-order chi connectivity index (χ1) is 11.5. The number of nitrogens with one attached hydrogen (secondary N) is 1. The van der Waals surface area contributed by atoms with Gasteiger partial charge in [-0.25, -0.2) is 9.07 Å². The lowest BCUT2D eigenvalue weighted by Gasteiger charge is -2.13. The third kappa shape index (κ3) is 3.16. The lowest BCUT2D eigenvalue weighted by atomic mass is 10.2. The number of hydrogen-bond donors (Lipinski definition) is 1. The molecule has 0 unspecified atom stereocenters. The van der Waals surface area contributed by atoms with Crippen molar-refractivity contribution in [3.05, 3.63) is 76.3 Å². The summed E-state index contributed by atoms with van der Waals surface area (Å²) in [6, 6.07) is 13.1. The summed E-state index contributed by atoms with van der Waals surface area (Å²) in [7, 11) is 0. The Morgan fingerprint density at radius 2 is 1.92 bits per heavy atom. The number of carbonyl (C=O) groups is 1. The van der Waals surface area contributed by atoms with Gasteiger partial charge in [-0.15, -0.1) is 0 Å². The third-order valence-corrected chi connectivity index (χ3v) is 3.80. The van der Waals surface area contributed by atoms with Crippen LogP contribution in [0, 0.1) is 19.7 Å². The quantitative estimate of drug-likeness (QED) is 0.759. The van der Waals surface area contributed by atoms with E-state index in [0.29, 0.717) is 11.4 Å². The maximum atomic E-state index is 13.9. The molecule has 0 aliphatic carbocycles. The predicted molar refractivity (Wildman–Crippen MR) is 92.4 cm³/mol. The Balaban J connectivity index is 1.96. The first kappa shape index (κ1) is 16.2. The first-order valence-corrected chi connectivity index (χ1v) is 7.72. The summed E-state index contributed by atoms with van der Waals surface area (Å²) in [4.78, 5) is 12.4. The maximum Gasteiger partial charge on any atom is 0.258 e. The lowest BCUT2D eigenvalue weighted by molar-refractivity contribution is 0.102. The van der Waals surface area contributed by atoms with Crippen LogP contribution in [-0.2, 0) is 0 Å². The molecular weight excluding hydrogens is 329 g/mol. The van der Waals surface area contributed by atoms with E-state index >= 15 is 0 Å². The van der Waals surface area contributed by atoms with Crippen molar-refractivity contribution < 1.29 is 9.18 Å². The summed E-state index contributed by atoms with van der Waals surface area (Å²) in [5.74, 6) is -1.21. The highest BCUT2D eigenvalue weighted by Crippen LogP contribution is 2.23. The molecule has 6 heteroatoms. The van der Waals surface area contributed by atoms with Crippen LogP contribution in [0.1, 0.15) is 21.7 Å². The average molecular weight is 344 g/mol. The molecule has 0 aliphatic rings. The Bertz CT molecular complexity index is 920. The van der Waals surface area contributed by atoms with Gasteiger partial charge in [-0.2, -0.15) is 5.10 Å². The molecule has 122 valence electrons. The molecule has 0 fully saturated rings. The molecule has 0 bridgehead atoms. The van der Waals surface area contributed by atoms with E-state index < -0.39 is 11.7 Å². The minimum atomic E-state index is -0.663. The number of nitrogens with zero attached hydrogens (tertiary/aromatic N) is 2. The van der Waals surface area contributed by atoms with Gasteiger partial charge in [-0.05, 0) is 50.2 Å². The molecule has 1 heterocycles. The molecule has 0 saturated heterocycles. The van der Waals surface area contributed by atoms with Gasteiger partial charge in [0.2, 0.25) is 0 Å². The van der Waals surface area contributed by atoms with Crippen LogP contribution in [0.15, 0.2) is 48.5 Å². The van der Waals surface area contributed by atoms with E-state index in [4.69, 9.17) is 11.6 Å². The Morgan fingerprint density at radius 1 is 1.17 bits per heavy atom. The maximum absolute atomic E-state index is 13.9. The summed E-state index contributed by atoms with van der Waals surface area (Å²) >= 11 is 5.72. The molecule has 24 heavy (non-hydrogen) atoms. The van der Waals surface area contributed by atoms with Gasteiger partial charge in [0, 0.05) is 10.7 Å². The van der Waals surface area contributed by atoms with E-state index in [1.807, 2.05) is 32.0 Å². The molecule has 1 amide bonds. The molecule has 3 rings (SSSR count). The highest BCUT2D eigenvalue weighted by molar-refractivity contribution is 6.30. The fraction of sp³-hybridized carbons (Fsp3) is 0.111. The second kappa shape index (κ2) is 6.45. The number of para-hydroxylation sites is 2. The highest BCUT2D eigenvalue weighted by atomic mass is 35.5. The fourth-order valence-electron chi connectivity index (χ4n) is 2.50. The van der Waals surface area contributed by atoms with E-state index in [1.54, 1.807) is 16.8 Å². The average Bonchev–Trinajstić information content (AvgIpc) is 2.86. The molecule has 3 aromatic rings. The molecule has 0 radical (unpaired) electrons. The van der Waals surface area contributed by atoms with Crippen molar-refractivity contribution in [2.75, 3.05) is 5.32 Å². The summed E-state index contributed by atoms with van der Waals surface area (Å²) < 4.78 is 15.7. The number of carbonyl (C=O) groups excluding carboxylic acids is 1. The van der Waals surface area contributed by atoms with Gasteiger partial charge >= 0.3 is 0 Å². The van der Waals surface area contributed by atoms with E-state index in [2.05, 4.69) is 10.4 Å². The molecule has 0 atom stereocenters. The summed E-state index contributed by atoms with van der Waals surface area (Å²) in [5, 5.41) is 7.41. The summed E-state index contributed by atoms with van der Waals surface area (Å²) in [6.07, 6.45) is 0. The summed E-state index contributed by atoms with van der Waals surface area (Å²) in [6.45, 7) is 3.82. The smallest absolute Gasteiger partial charge is 0.258 e. The molecule has 1 N–H and O–H groups in total. The molecule has 0 saturated carbocycles. The minimum absolute atomic E-state index is 0.0671. The van der Waals surface area contributed by atoms with Gasteiger partial charge in [0.25, 0.3) is 5.91 Å². The van der Waals surface area contributed by atoms with Crippen LogP contribution in [-0.4, -0.2) is 15.7 Å². The Morgan fingerprint density at radius 3 is 2.58 bits per heavy atom. The van der Waals surface area contributed by atoms with Crippen molar-refractivity contribution in [1.29, 1.82) is 0 Å². The predicted octanol–water partition coefficient (Wildman–Crippen LogP) is 4.53. The van der Waals surface area contributed by atoms with Gasteiger partial charge in [-0.1, -0.05) is 23.7 Å². The number of benzene rings is 2. The third-order valence-electron chi connectivity index (χ3n) is 3.57. The number of amides is 1. The fourth-order valence-corrected chi connectivity index (χ4v) is 2.66. The van der Waals surface area contributed by atoms with Crippen molar-refractivity contribution >= 4 is 23.2 Å². The second-order valence-electron chi connectivity index (χ2n) is 5.43. The second-order valence-corrected chi connectivity index (χ2v) is 5.87. The number of halogens is 2. The molecule has 1 aromatic heterocycles. The molecule has 4 nitrogen and oxygen atoms in total. The topological polar surface area (TPSA) is 46.9 Å². The van der Waals surface area contributed by atoms with Gasteiger partial charge in [-0.3, -0.25) is 4.79 Å². The van der Waals surface area contributed by atoms with Gasteiger partial charge in [0.15, 0.2) is 0 Å². The number of anilines is 1. The highest BCUT2D eigenvalue weighted by Gasteiger charge is 2.15. The molecule has 0 spiro atoms. The number of rotatable bonds is 3. The van der Waals surface area contributed by atoms with Crippen LogP contribution in [0.25, 0.3) is 5.69 Å².